The number of rotatable bonds is 6. The van der Waals surface area contributed by atoms with Crippen molar-refractivity contribution in [2.45, 2.75) is 45.2 Å². The van der Waals surface area contributed by atoms with E-state index in [-0.39, 0.29) is 18.0 Å². The average Bonchev–Trinajstić information content (AvgIpc) is 2.02. The molecule has 74 valence electrons. The summed E-state index contributed by atoms with van der Waals surface area (Å²) in [6, 6.07) is 2.32. The van der Waals surface area contributed by atoms with E-state index in [0.717, 1.165) is 6.42 Å². The summed E-state index contributed by atoms with van der Waals surface area (Å²) in [5, 5.41) is 11.7. The minimum absolute atomic E-state index is 0.0517. The molecule has 3 N–H and O–H groups in total. The third kappa shape index (κ3) is 6.12. The van der Waals surface area contributed by atoms with Gasteiger partial charge in [0.05, 0.1) is 12.5 Å². The van der Waals surface area contributed by atoms with Crippen molar-refractivity contribution in [1.82, 2.24) is 5.32 Å². The van der Waals surface area contributed by atoms with Crippen LogP contribution < -0.4 is 11.1 Å². The summed E-state index contributed by atoms with van der Waals surface area (Å²) in [4.78, 5) is 10.6. The van der Waals surface area contributed by atoms with E-state index < -0.39 is 0 Å². The van der Waals surface area contributed by atoms with Crippen molar-refractivity contribution in [2.75, 3.05) is 0 Å². The van der Waals surface area contributed by atoms with Crippen molar-refractivity contribution in [3.63, 3.8) is 0 Å². The minimum atomic E-state index is -0.313. The Bertz CT molecular complexity index is 198. The van der Waals surface area contributed by atoms with Crippen LogP contribution in [0.25, 0.3) is 0 Å². The first-order valence-corrected chi connectivity index (χ1v) is 4.51. The molecule has 0 radical (unpaired) electrons. The molecular formula is C9H17N3O. The number of nitrogens with zero attached hydrogens (tertiary/aromatic N) is 1. The van der Waals surface area contributed by atoms with E-state index in [1.807, 2.05) is 13.8 Å². The highest BCUT2D eigenvalue weighted by Crippen LogP contribution is 2.00. The zero-order valence-corrected chi connectivity index (χ0v) is 8.21. The fourth-order valence-corrected chi connectivity index (χ4v) is 1.19. The Balaban J connectivity index is 3.80. The highest BCUT2D eigenvalue weighted by atomic mass is 16.1. The number of primary amides is 1. The molecule has 0 saturated carbocycles. The largest absolute Gasteiger partial charge is 0.370 e. The Morgan fingerprint density at radius 1 is 1.69 bits per heavy atom. The van der Waals surface area contributed by atoms with Crippen molar-refractivity contribution >= 4 is 5.91 Å². The van der Waals surface area contributed by atoms with Gasteiger partial charge in [0, 0.05) is 18.5 Å². The summed E-state index contributed by atoms with van der Waals surface area (Å²) in [7, 11) is 0. The number of hydrogen-bond acceptors (Lipinski definition) is 3. The third-order valence-electron chi connectivity index (χ3n) is 1.86. The fraction of sp³-hybridized carbons (Fsp3) is 0.778. The molecule has 0 heterocycles. The van der Waals surface area contributed by atoms with E-state index in [4.69, 9.17) is 11.0 Å². The zero-order valence-electron chi connectivity index (χ0n) is 8.21. The molecule has 0 spiro atoms. The quantitative estimate of drug-likeness (QED) is 0.630. The van der Waals surface area contributed by atoms with Crippen LogP contribution in [0.15, 0.2) is 0 Å². The molecule has 0 aliphatic carbocycles. The molecule has 2 atom stereocenters. The molecule has 0 saturated heterocycles. The minimum Gasteiger partial charge on any atom is -0.370 e. The van der Waals surface area contributed by atoms with Gasteiger partial charge in [-0.05, 0) is 13.3 Å². The second-order valence-corrected chi connectivity index (χ2v) is 3.21. The Labute approximate surface area is 79.1 Å². The van der Waals surface area contributed by atoms with Gasteiger partial charge in [-0.25, -0.2) is 0 Å². The lowest BCUT2D eigenvalue weighted by molar-refractivity contribution is -0.118. The molecule has 4 heteroatoms. The molecule has 0 fully saturated rings. The van der Waals surface area contributed by atoms with E-state index in [1.165, 1.54) is 0 Å². The first-order valence-electron chi connectivity index (χ1n) is 4.51. The molecule has 0 bridgehead atoms. The first kappa shape index (κ1) is 11.9. The topological polar surface area (TPSA) is 78.9 Å². The smallest absolute Gasteiger partial charge is 0.218 e. The van der Waals surface area contributed by atoms with E-state index in [2.05, 4.69) is 11.4 Å². The second kappa shape index (κ2) is 6.44. The SMILES string of the molecule is CCC(CC#N)NC(C)CC(N)=O. The monoisotopic (exact) mass is 183 g/mol. The van der Waals surface area contributed by atoms with Crippen molar-refractivity contribution in [3.8, 4) is 6.07 Å². The second-order valence-electron chi connectivity index (χ2n) is 3.21. The number of amides is 1. The van der Waals surface area contributed by atoms with E-state index in [9.17, 15) is 4.79 Å². The molecule has 0 aromatic carbocycles. The molecule has 4 nitrogen and oxygen atoms in total. The maximum absolute atomic E-state index is 10.6. The molecule has 0 aliphatic rings. The highest BCUT2D eigenvalue weighted by Gasteiger charge is 2.11. The van der Waals surface area contributed by atoms with Crippen LogP contribution in [0.1, 0.15) is 33.1 Å². The number of nitriles is 1. The summed E-state index contributed by atoms with van der Waals surface area (Å²) >= 11 is 0. The van der Waals surface area contributed by atoms with Gasteiger partial charge in [-0.1, -0.05) is 6.92 Å². The van der Waals surface area contributed by atoms with Crippen LogP contribution in [0.5, 0.6) is 0 Å². The van der Waals surface area contributed by atoms with Gasteiger partial charge in [-0.3, -0.25) is 4.79 Å². The van der Waals surface area contributed by atoms with Crippen molar-refractivity contribution in [3.05, 3.63) is 0 Å². The van der Waals surface area contributed by atoms with Crippen LogP contribution in [0.3, 0.4) is 0 Å². The van der Waals surface area contributed by atoms with Gasteiger partial charge in [0.2, 0.25) is 5.91 Å². The zero-order chi connectivity index (χ0) is 10.3. The Morgan fingerprint density at radius 2 is 2.31 bits per heavy atom. The van der Waals surface area contributed by atoms with Crippen LogP contribution in [-0.2, 0) is 4.79 Å². The van der Waals surface area contributed by atoms with Gasteiger partial charge in [-0.2, -0.15) is 5.26 Å². The summed E-state index contributed by atoms with van der Waals surface area (Å²) < 4.78 is 0. The fourth-order valence-electron chi connectivity index (χ4n) is 1.19. The molecule has 13 heavy (non-hydrogen) atoms. The van der Waals surface area contributed by atoms with Gasteiger partial charge in [0.1, 0.15) is 0 Å². The number of carbonyl (C=O) groups excluding carboxylic acids is 1. The molecule has 0 aromatic heterocycles. The summed E-state index contributed by atoms with van der Waals surface area (Å²) in [5.41, 5.74) is 5.04. The van der Waals surface area contributed by atoms with Gasteiger partial charge in [0.25, 0.3) is 0 Å². The predicted molar refractivity (Wildman–Crippen MR) is 50.7 cm³/mol. The van der Waals surface area contributed by atoms with Crippen LogP contribution in [0.2, 0.25) is 0 Å². The van der Waals surface area contributed by atoms with Crippen LogP contribution in [0.4, 0.5) is 0 Å². The lowest BCUT2D eigenvalue weighted by Crippen LogP contribution is -2.38. The Morgan fingerprint density at radius 3 is 2.69 bits per heavy atom. The number of nitrogens with two attached hydrogens (primary N) is 1. The third-order valence-corrected chi connectivity index (χ3v) is 1.86. The highest BCUT2D eigenvalue weighted by molar-refractivity contribution is 5.74. The van der Waals surface area contributed by atoms with Crippen LogP contribution >= 0.6 is 0 Å². The summed E-state index contributed by atoms with van der Waals surface area (Å²) in [6.07, 6.45) is 1.68. The van der Waals surface area contributed by atoms with Crippen LogP contribution in [0, 0.1) is 11.3 Å². The molecule has 0 rings (SSSR count). The van der Waals surface area contributed by atoms with Gasteiger partial charge in [-0.15, -0.1) is 0 Å². The van der Waals surface area contributed by atoms with E-state index >= 15 is 0 Å². The molecule has 2 unspecified atom stereocenters. The normalized spacial score (nSPS) is 14.5. The summed E-state index contributed by atoms with van der Waals surface area (Å²) in [6.45, 7) is 3.90. The van der Waals surface area contributed by atoms with Crippen molar-refractivity contribution in [2.24, 2.45) is 5.73 Å². The van der Waals surface area contributed by atoms with E-state index in [1.54, 1.807) is 0 Å². The van der Waals surface area contributed by atoms with Gasteiger partial charge in [0.15, 0.2) is 0 Å². The van der Waals surface area contributed by atoms with Crippen molar-refractivity contribution in [1.29, 1.82) is 5.26 Å². The van der Waals surface area contributed by atoms with Gasteiger partial charge >= 0.3 is 0 Å². The average molecular weight is 183 g/mol. The first-order chi connectivity index (χ1) is 6.10. The number of hydrogen-bond donors (Lipinski definition) is 2. The maximum Gasteiger partial charge on any atom is 0.218 e. The summed E-state index contributed by atoms with van der Waals surface area (Å²) in [5.74, 6) is -0.313. The number of carbonyl (C=O) groups is 1. The lowest BCUT2D eigenvalue weighted by Gasteiger charge is -2.18. The molecule has 1 amide bonds. The van der Waals surface area contributed by atoms with Crippen molar-refractivity contribution < 1.29 is 4.79 Å². The van der Waals surface area contributed by atoms with E-state index in [0.29, 0.717) is 12.8 Å². The standard InChI is InChI=1S/C9H17N3O/c1-3-8(4-5-10)12-7(2)6-9(11)13/h7-8,12H,3-4,6H2,1-2H3,(H2,11,13). The Kier molecular flexibility index (Phi) is 5.90. The molecular weight excluding hydrogens is 166 g/mol. The predicted octanol–water partition coefficient (Wildman–Crippen LogP) is 0.532. The Hall–Kier alpha value is -1.08. The number of nitrogens with one attached hydrogen (secondary N) is 1. The lowest BCUT2D eigenvalue weighted by atomic mass is 10.1. The van der Waals surface area contributed by atoms with Gasteiger partial charge < -0.3 is 11.1 Å². The maximum atomic E-state index is 10.6. The van der Waals surface area contributed by atoms with Crippen LogP contribution in [-0.4, -0.2) is 18.0 Å². The molecule has 0 aliphatic heterocycles. The molecule has 0 aromatic rings.